The van der Waals surface area contributed by atoms with E-state index in [-0.39, 0.29) is 5.91 Å². The zero-order chi connectivity index (χ0) is 24.1. The number of thiazole rings is 1. The van der Waals surface area contributed by atoms with Crippen LogP contribution in [0.1, 0.15) is 17.4 Å². The molecular weight excluding hydrogens is 474 g/mol. The number of nitrogens with one attached hydrogen (secondary N) is 2. The number of aromatic nitrogens is 3. The van der Waals surface area contributed by atoms with Gasteiger partial charge < -0.3 is 10.6 Å². The number of carbonyl (C=O) groups excluding carboxylic acids is 2. The number of hydrogen-bond acceptors (Lipinski definition) is 7. The number of amides is 2. The summed E-state index contributed by atoms with van der Waals surface area (Å²) in [7, 11) is 0. The predicted molar refractivity (Wildman–Crippen MR) is 132 cm³/mol. The van der Waals surface area contributed by atoms with Gasteiger partial charge in [0.25, 0.3) is 5.56 Å². The van der Waals surface area contributed by atoms with Crippen molar-refractivity contribution in [1.29, 1.82) is 0 Å². The van der Waals surface area contributed by atoms with Crippen molar-refractivity contribution in [3.8, 4) is 10.6 Å². The fourth-order valence-corrected chi connectivity index (χ4v) is 4.88. The highest BCUT2D eigenvalue weighted by atomic mass is 32.1. The van der Waals surface area contributed by atoms with Crippen molar-refractivity contribution in [2.75, 3.05) is 5.32 Å². The lowest BCUT2D eigenvalue weighted by Gasteiger charge is -2.09. The molecule has 4 rings (SSSR count). The topological polar surface area (TPSA) is 115 Å². The van der Waals surface area contributed by atoms with E-state index in [0.717, 1.165) is 19.9 Å². The lowest BCUT2D eigenvalue weighted by molar-refractivity contribution is -0.119. The average molecular weight is 496 g/mol. The van der Waals surface area contributed by atoms with Gasteiger partial charge >= 0.3 is 5.69 Å². The minimum Gasteiger partial charge on any atom is -0.351 e. The van der Waals surface area contributed by atoms with Gasteiger partial charge in [-0.1, -0.05) is 30.3 Å². The van der Waals surface area contributed by atoms with Crippen molar-refractivity contribution in [3.05, 3.63) is 91.4 Å². The molecule has 0 aliphatic carbocycles. The summed E-state index contributed by atoms with van der Waals surface area (Å²) in [4.78, 5) is 55.0. The van der Waals surface area contributed by atoms with E-state index in [1.807, 2.05) is 47.8 Å². The standard InChI is InChI=1S/C23H21N5O4S2/c1-15(29)24-11-17-7-8-19(34-17)18-14-33-22(25-18)26-20(30)13-28-21(31)9-10-27(23(28)32)12-16-5-3-2-4-6-16/h2-10,14H,11-13H2,1H3,(H,24,29)(H,25,26,30). The van der Waals surface area contributed by atoms with Crippen LogP contribution in [0.3, 0.4) is 0 Å². The van der Waals surface area contributed by atoms with Gasteiger partial charge in [-0.3, -0.25) is 23.5 Å². The molecule has 0 saturated heterocycles. The molecule has 0 bridgehead atoms. The van der Waals surface area contributed by atoms with E-state index in [2.05, 4.69) is 15.6 Å². The fourth-order valence-electron chi connectivity index (χ4n) is 3.17. The molecule has 1 aromatic carbocycles. The van der Waals surface area contributed by atoms with E-state index in [0.29, 0.717) is 23.9 Å². The highest BCUT2D eigenvalue weighted by molar-refractivity contribution is 7.17. The van der Waals surface area contributed by atoms with E-state index in [1.165, 1.54) is 46.4 Å². The number of carbonyl (C=O) groups is 2. The van der Waals surface area contributed by atoms with Crippen LogP contribution in [-0.2, 0) is 29.2 Å². The third-order valence-corrected chi connectivity index (χ3v) is 6.68. The maximum Gasteiger partial charge on any atom is 0.331 e. The number of benzene rings is 1. The molecule has 3 aromatic heterocycles. The van der Waals surface area contributed by atoms with Gasteiger partial charge in [0.2, 0.25) is 11.8 Å². The second kappa shape index (κ2) is 10.4. The first-order chi connectivity index (χ1) is 16.4. The summed E-state index contributed by atoms with van der Waals surface area (Å²) in [5.74, 6) is -0.618. The fraction of sp³-hybridized carbons (Fsp3) is 0.174. The first-order valence-electron chi connectivity index (χ1n) is 10.3. The zero-order valence-electron chi connectivity index (χ0n) is 18.2. The Kier molecular flexibility index (Phi) is 7.14. The molecule has 0 atom stereocenters. The van der Waals surface area contributed by atoms with Crippen molar-refractivity contribution in [2.24, 2.45) is 0 Å². The van der Waals surface area contributed by atoms with Crippen molar-refractivity contribution in [2.45, 2.75) is 26.6 Å². The monoisotopic (exact) mass is 495 g/mol. The van der Waals surface area contributed by atoms with Gasteiger partial charge in [0.15, 0.2) is 5.13 Å². The van der Waals surface area contributed by atoms with E-state index >= 15 is 0 Å². The number of nitrogens with zero attached hydrogens (tertiary/aromatic N) is 3. The van der Waals surface area contributed by atoms with Gasteiger partial charge in [-0.2, -0.15) is 0 Å². The highest BCUT2D eigenvalue weighted by Crippen LogP contribution is 2.30. The van der Waals surface area contributed by atoms with E-state index in [1.54, 1.807) is 0 Å². The maximum atomic E-state index is 12.8. The quantitative estimate of drug-likeness (QED) is 0.390. The molecule has 0 unspecified atom stereocenters. The number of anilines is 1. The van der Waals surface area contributed by atoms with Gasteiger partial charge in [0, 0.05) is 29.4 Å². The molecule has 0 spiro atoms. The van der Waals surface area contributed by atoms with Crippen molar-refractivity contribution >= 4 is 39.6 Å². The van der Waals surface area contributed by atoms with E-state index in [4.69, 9.17) is 0 Å². The Hall–Kier alpha value is -3.83. The van der Waals surface area contributed by atoms with Crippen molar-refractivity contribution < 1.29 is 9.59 Å². The Bertz CT molecular complexity index is 1440. The highest BCUT2D eigenvalue weighted by Gasteiger charge is 2.13. The van der Waals surface area contributed by atoms with Gasteiger partial charge in [-0.15, -0.1) is 22.7 Å². The first kappa shape index (κ1) is 23.3. The molecule has 34 heavy (non-hydrogen) atoms. The van der Waals surface area contributed by atoms with Gasteiger partial charge in [-0.05, 0) is 17.7 Å². The van der Waals surface area contributed by atoms with Gasteiger partial charge in [0.1, 0.15) is 6.54 Å². The summed E-state index contributed by atoms with van der Waals surface area (Å²) in [6.07, 6.45) is 1.43. The zero-order valence-corrected chi connectivity index (χ0v) is 19.8. The summed E-state index contributed by atoms with van der Waals surface area (Å²) in [5.41, 5.74) is 0.496. The largest absolute Gasteiger partial charge is 0.351 e. The van der Waals surface area contributed by atoms with Crippen LogP contribution in [0.4, 0.5) is 5.13 Å². The normalized spacial score (nSPS) is 10.7. The molecule has 9 nitrogen and oxygen atoms in total. The van der Waals surface area contributed by atoms with Crippen molar-refractivity contribution in [3.63, 3.8) is 0 Å². The molecule has 2 amide bonds. The minimum atomic E-state index is -0.559. The summed E-state index contributed by atoms with van der Waals surface area (Å²) < 4.78 is 2.29. The van der Waals surface area contributed by atoms with Crippen LogP contribution in [0.2, 0.25) is 0 Å². The third-order valence-electron chi connectivity index (χ3n) is 4.81. The van der Waals surface area contributed by atoms with Crippen LogP contribution in [-0.4, -0.2) is 25.9 Å². The molecule has 0 aliphatic heterocycles. The molecule has 3 heterocycles. The van der Waals surface area contributed by atoms with E-state index in [9.17, 15) is 19.2 Å². The minimum absolute atomic E-state index is 0.0991. The molecule has 0 fully saturated rings. The second-order valence-electron chi connectivity index (χ2n) is 7.40. The maximum absolute atomic E-state index is 12.8. The van der Waals surface area contributed by atoms with E-state index < -0.39 is 23.7 Å². The molecular formula is C23H21N5O4S2. The Morgan fingerprint density at radius 2 is 1.85 bits per heavy atom. The summed E-state index contributed by atoms with van der Waals surface area (Å²) >= 11 is 2.74. The van der Waals surface area contributed by atoms with Gasteiger partial charge in [0.05, 0.1) is 23.7 Å². The lowest BCUT2D eigenvalue weighted by Crippen LogP contribution is -2.41. The Balaban J connectivity index is 1.43. The molecule has 174 valence electrons. The van der Waals surface area contributed by atoms with Crippen LogP contribution in [0.15, 0.2) is 69.7 Å². The molecule has 2 N–H and O–H groups in total. The summed E-state index contributed by atoms with van der Waals surface area (Å²) in [6.45, 7) is 1.79. The molecule has 0 radical (unpaired) electrons. The van der Waals surface area contributed by atoms with Crippen molar-refractivity contribution in [1.82, 2.24) is 19.4 Å². The predicted octanol–water partition coefficient (Wildman–Crippen LogP) is 2.52. The van der Waals surface area contributed by atoms with Crippen LogP contribution < -0.4 is 21.9 Å². The smallest absolute Gasteiger partial charge is 0.331 e. The molecule has 11 heteroatoms. The molecule has 0 saturated carbocycles. The average Bonchev–Trinajstić information content (AvgIpc) is 3.47. The SMILES string of the molecule is CC(=O)NCc1ccc(-c2csc(NC(=O)Cn3c(=O)ccn(Cc4ccccc4)c3=O)n2)s1. The van der Waals surface area contributed by atoms with Crippen LogP contribution in [0.5, 0.6) is 0 Å². The second-order valence-corrected chi connectivity index (χ2v) is 9.42. The Morgan fingerprint density at radius 1 is 1.06 bits per heavy atom. The summed E-state index contributed by atoms with van der Waals surface area (Å²) in [5, 5.41) is 7.59. The summed E-state index contributed by atoms with van der Waals surface area (Å²) in [6, 6.07) is 14.5. The first-order valence-corrected chi connectivity index (χ1v) is 12.0. The van der Waals surface area contributed by atoms with Crippen LogP contribution in [0.25, 0.3) is 10.6 Å². The Labute approximate surface area is 202 Å². The number of hydrogen-bond donors (Lipinski definition) is 2. The van der Waals surface area contributed by atoms with Crippen LogP contribution in [0, 0.1) is 0 Å². The molecule has 0 aliphatic rings. The lowest BCUT2D eigenvalue weighted by atomic mass is 10.2. The number of thiophene rings is 1. The Morgan fingerprint density at radius 3 is 2.62 bits per heavy atom. The van der Waals surface area contributed by atoms with Crippen LogP contribution >= 0.6 is 22.7 Å². The van der Waals surface area contributed by atoms with Gasteiger partial charge in [-0.25, -0.2) is 9.78 Å². The number of rotatable bonds is 8. The molecule has 4 aromatic rings. The third kappa shape index (κ3) is 5.74.